The number of rotatable bonds is 12. The van der Waals surface area contributed by atoms with Crippen LogP contribution in [0.15, 0.2) is 0 Å². The second kappa shape index (κ2) is 11.9. The van der Waals surface area contributed by atoms with Crippen molar-refractivity contribution in [3.05, 3.63) is 0 Å². The molecule has 0 saturated heterocycles. The fraction of sp³-hybridized carbons (Fsp3) is 1.00. The van der Waals surface area contributed by atoms with E-state index in [-0.39, 0.29) is 0 Å². The summed E-state index contributed by atoms with van der Waals surface area (Å²) in [6, 6.07) is 1.16. The van der Waals surface area contributed by atoms with Crippen molar-refractivity contribution in [3.63, 3.8) is 0 Å². The molecule has 0 fully saturated rings. The van der Waals surface area contributed by atoms with E-state index in [4.69, 9.17) is 0 Å². The van der Waals surface area contributed by atoms with Crippen molar-refractivity contribution >= 4 is 0 Å². The van der Waals surface area contributed by atoms with Crippen LogP contribution in [0.1, 0.15) is 34.6 Å². The van der Waals surface area contributed by atoms with Crippen LogP contribution >= 0.6 is 0 Å². The smallest absolute Gasteiger partial charge is 0.0108 e. The summed E-state index contributed by atoms with van der Waals surface area (Å²) >= 11 is 0. The largest absolute Gasteiger partial charge is 0.316 e. The molecule has 4 heteroatoms. The zero-order chi connectivity index (χ0) is 13.8. The van der Waals surface area contributed by atoms with Gasteiger partial charge in [0.2, 0.25) is 0 Å². The maximum atomic E-state index is 3.48. The van der Waals surface area contributed by atoms with Crippen LogP contribution in [0.4, 0.5) is 0 Å². The third-order valence-corrected chi connectivity index (χ3v) is 2.82. The molecule has 0 unspecified atom stereocenters. The molecule has 0 saturated carbocycles. The van der Waals surface area contributed by atoms with E-state index in [2.05, 4.69) is 55.5 Å². The van der Waals surface area contributed by atoms with Crippen molar-refractivity contribution in [1.29, 1.82) is 0 Å². The van der Waals surface area contributed by atoms with Gasteiger partial charge in [0.25, 0.3) is 0 Å². The molecule has 0 aromatic heterocycles. The van der Waals surface area contributed by atoms with E-state index in [1.165, 1.54) is 0 Å². The summed E-state index contributed by atoms with van der Waals surface area (Å²) in [5.74, 6) is 0. The van der Waals surface area contributed by atoms with Crippen LogP contribution in [0.25, 0.3) is 0 Å². The van der Waals surface area contributed by atoms with E-state index in [9.17, 15) is 0 Å². The Hall–Kier alpha value is -0.160. The molecule has 0 atom stereocenters. The summed E-state index contributed by atoms with van der Waals surface area (Å²) in [5, 5.41) is 10.4. The van der Waals surface area contributed by atoms with Crippen LogP contribution in [0, 0.1) is 0 Å². The summed E-state index contributed by atoms with van der Waals surface area (Å²) in [6.45, 7) is 18.6. The molecule has 0 heterocycles. The van der Waals surface area contributed by atoms with Gasteiger partial charge >= 0.3 is 0 Å². The van der Waals surface area contributed by atoms with Gasteiger partial charge in [0, 0.05) is 51.4 Å². The molecule has 0 rings (SSSR count). The Morgan fingerprint density at radius 1 is 0.778 bits per heavy atom. The highest BCUT2D eigenvalue weighted by molar-refractivity contribution is 4.65. The number of nitrogens with one attached hydrogen (secondary N) is 3. The topological polar surface area (TPSA) is 39.3 Å². The van der Waals surface area contributed by atoms with Gasteiger partial charge in [-0.05, 0) is 6.54 Å². The normalized spacial score (nSPS) is 12.0. The predicted octanol–water partition coefficient (Wildman–Crippen LogP) is 0.894. The SMILES string of the molecule is CCNCCN(CCNC(C)C)CCNC(C)C. The highest BCUT2D eigenvalue weighted by atomic mass is 15.2. The van der Waals surface area contributed by atoms with Crippen LogP contribution in [-0.2, 0) is 0 Å². The van der Waals surface area contributed by atoms with Gasteiger partial charge in [0.15, 0.2) is 0 Å². The molecule has 3 N–H and O–H groups in total. The molecule has 18 heavy (non-hydrogen) atoms. The van der Waals surface area contributed by atoms with Crippen molar-refractivity contribution in [2.24, 2.45) is 0 Å². The highest BCUT2D eigenvalue weighted by Gasteiger charge is 2.04. The minimum absolute atomic E-state index is 0.578. The molecule has 0 spiro atoms. The molecule has 110 valence electrons. The van der Waals surface area contributed by atoms with Gasteiger partial charge in [0.1, 0.15) is 0 Å². The maximum absolute atomic E-state index is 3.48. The third-order valence-electron chi connectivity index (χ3n) is 2.82. The lowest BCUT2D eigenvalue weighted by Crippen LogP contribution is -2.42. The number of nitrogens with zero attached hydrogens (tertiary/aromatic N) is 1. The molecule has 0 radical (unpaired) electrons. The van der Waals surface area contributed by atoms with E-state index < -0.39 is 0 Å². The van der Waals surface area contributed by atoms with Gasteiger partial charge in [-0.3, -0.25) is 4.90 Å². The standard InChI is InChI=1S/C14H34N4/c1-6-15-7-10-18(11-8-16-13(2)3)12-9-17-14(4)5/h13-17H,6-12H2,1-5H3. The summed E-state index contributed by atoms with van der Waals surface area (Å²) in [6.07, 6.45) is 0. The minimum Gasteiger partial charge on any atom is -0.316 e. The number of likely N-dealkylation sites (N-methyl/N-ethyl adjacent to an activating group) is 1. The van der Waals surface area contributed by atoms with Gasteiger partial charge in [-0.25, -0.2) is 0 Å². The summed E-state index contributed by atoms with van der Waals surface area (Å²) in [7, 11) is 0. The Labute approximate surface area is 114 Å². The van der Waals surface area contributed by atoms with Crippen molar-refractivity contribution in [2.45, 2.75) is 46.7 Å². The second-order valence-electron chi connectivity index (χ2n) is 5.41. The van der Waals surface area contributed by atoms with Crippen molar-refractivity contribution in [2.75, 3.05) is 45.8 Å². The molecule has 0 amide bonds. The van der Waals surface area contributed by atoms with Gasteiger partial charge in [0.05, 0.1) is 0 Å². The molecule has 4 nitrogen and oxygen atoms in total. The van der Waals surface area contributed by atoms with Crippen molar-refractivity contribution < 1.29 is 0 Å². The monoisotopic (exact) mass is 258 g/mol. The Kier molecular flexibility index (Phi) is 11.8. The molecular formula is C14H34N4. The summed E-state index contributed by atoms with van der Waals surface area (Å²) in [4.78, 5) is 2.52. The van der Waals surface area contributed by atoms with Gasteiger partial charge in [-0.15, -0.1) is 0 Å². The molecule has 0 aliphatic carbocycles. The van der Waals surface area contributed by atoms with Crippen LogP contribution in [0.2, 0.25) is 0 Å². The summed E-state index contributed by atoms with van der Waals surface area (Å²) in [5.41, 5.74) is 0. The fourth-order valence-electron chi connectivity index (χ4n) is 1.77. The Balaban J connectivity index is 3.76. The van der Waals surface area contributed by atoms with Crippen molar-refractivity contribution in [3.8, 4) is 0 Å². The molecule has 0 aromatic rings. The number of hydrogen-bond acceptors (Lipinski definition) is 4. The minimum atomic E-state index is 0.578. The zero-order valence-corrected chi connectivity index (χ0v) is 13.1. The predicted molar refractivity (Wildman–Crippen MR) is 81.3 cm³/mol. The Bertz CT molecular complexity index is 157. The lowest BCUT2D eigenvalue weighted by atomic mass is 10.3. The Morgan fingerprint density at radius 3 is 1.61 bits per heavy atom. The van der Waals surface area contributed by atoms with Gasteiger partial charge < -0.3 is 16.0 Å². The molecule has 0 bridgehead atoms. The molecule has 0 aromatic carbocycles. The first kappa shape index (κ1) is 17.8. The highest BCUT2D eigenvalue weighted by Crippen LogP contribution is 1.88. The Morgan fingerprint density at radius 2 is 1.22 bits per heavy atom. The fourth-order valence-corrected chi connectivity index (χ4v) is 1.77. The van der Waals surface area contributed by atoms with Crippen LogP contribution < -0.4 is 16.0 Å². The lowest BCUT2D eigenvalue weighted by Gasteiger charge is -2.24. The first-order chi connectivity index (χ1) is 8.56. The van der Waals surface area contributed by atoms with Crippen LogP contribution in [-0.4, -0.2) is 62.8 Å². The zero-order valence-electron chi connectivity index (χ0n) is 13.1. The van der Waals surface area contributed by atoms with Gasteiger partial charge in [-0.2, -0.15) is 0 Å². The average molecular weight is 258 g/mol. The number of hydrogen-bond donors (Lipinski definition) is 3. The van der Waals surface area contributed by atoms with E-state index in [1.54, 1.807) is 0 Å². The quantitative estimate of drug-likeness (QED) is 0.455. The van der Waals surface area contributed by atoms with E-state index >= 15 is 0 Å². The van der Waals surface area contributed by atoms with E-state index in [1.807, 2.05) is 0 Å². The first-order valence-corrected chi connectivity index (χ1v) is 7.46. The maximum Gasteiger partial charge on any atom is 0.0108 e. The van der Waals surface area contributed by atoms with Crippen molar-refractivity contribution in [1.82, 2.24) is 20.9 Å². The summed E-state index contributed by atoms with van der Waals surface area (Å²) < 4.78 is 0. The molecular weight excluding hydrogens is 224 g/mol. The molecule has 0 aliphatic rings. The van der Waals surface area contributed by atoms with Crippen LogP contribution in [0.3, 0.4) is 0 Å². The first-order valence-electron chi connectivity index (χ1n) is 7.46. The van der Waals surface area contributed by atoms with E-state index in [0.717, 1.165) is 45.8 Å². The van der Waals surface area contributed by atoms with Crippen LogP contribution in [0.5, 0.6) is 0 Å². The lowest BCUT2D eigenvalue weighted by molar-refractivity contribution is 0.267. The second-order valence-corrected chi connectivity index (χ2v) is 5.41. The average Bonchev–Trinajstić information content (AvgIpc) is 2.27. The molecule has 0 aliphatic heterocycles. The van der Waals surface area contributed by atoms with Gasteiger partial charge in [-0.1, -0.05) is 34.6 Å². The third kappa shape index (κ3) is 12.3. The van der Waals surface area contributed by atoms with E-state index in [0.29, 0.717) is 12.1 Å².